The number of carbonyl (C=O) groups is 6. The molecule has 238 valence electrons. The molecule has 0 spiro atoms. The lowest BCUT2D eigenvalue weighted by atomic mass is 9.88. The van der Waals surface area contributed by atoms with E-state index in [2.05, 4.69) is 0 Å². The van der Waals surface area contributed by atoms with Gasteiger partial charge in [0, 0.05) is 71.9 Å². The molecule has 0 aliphatic carbocycles. The van der Waals surface area contributed by atoms with Gasteiger partial charge in [0.15, 0.2) is 0 Å². The maximum absolute atomic E-state index is 12.9. The van der Waals surface area contributed by atoms with E-state index in [0.29, 0.717) is 0 Å². The first-order valence-corrected chi connectivity index (χ1v) is 13.8. The summed E-state index contributed by atoms with van der Waals surface area (Å²) in [6, 6.07) is -1.13. The molecule has 0 radical (unpaired) electrons. The second-order valence-electron chi connectivity index (χ2n) is 10.8. The van der Waals surface area contributed by atoms with Crippen LogP contribution < -0.4 is 5.73 Å². The van der Waals surface area contributed by atoms with Crippen LogP contribution in [-0.4, -0.2) is 182 Å². The summed E-state index contributed by atoms with van der Waals surface area (Å²) in [6.07, 6.45) is -0.0435. The number of carboxylic acid groups (broad SMARTS) is 5. The van der Waals surface area contributed by atoms with Crippen LogP contribution >= 0.6 is 0 Å². The molecule has 0 saturated carbocycles. The Morgan fingerprint density at radius 2 is 1.00 bits per heavy atom. The third-order valence-electron chi connectivity index (χ3n) is 7.74. The standard InChI is InChI=1S/C25H42N6O11/c26-25(24(41)42)3-5-31(6-4-25)19(32)2-1-18(23(39)40)30-13-11-28(16-21(35)36)9-7-27(15-20(33)34)8-10-29(12-14-30)17-22(37)38/h18H,1-17,26H2,(H,33,34)(H,35,36)(H,37,38)(H,39,40)(H,41,42)/t18-/m1/s1. The van der Waals surface area contributed by atoms with Crippen molar-refractivity contribution in [3.05, 3.63) is 0 Å². The summed E-state index contributed by atoms with van der Waals surface area (Å²) in [5.74, 6) is -5.94. The molecule has 2 rings (SSSR count). The van der Waals surface area contributed by atoms with Crippen LogP contribution in [0.3, 0.4) is 0 Å². The molecule has 17 nitrogen and oxygen atoms in total. The van der Waals surface area contributed by atoms with Gasteiger partial charge >= 0.3 is 29.8 Å². The first-order chi connectivity index (χ1) is 19.7. The summed E-state index contributed by atoms with van der Waals surface area (Å²) in [5, 5.41) is 47.4. The minimum Gasteiger partial charge on any atom is -0.480 e. The van der Waals surface area contributed by atoms with Gasteiger partial charge in [-0.2, -0.15) is 0 Å². The highest BCUT2D eigenvalue weighted by atomic mass is 16.4. The minimum atomic E-state index is -1.41. The van der Waals surface area contributed by atoms with Gasteiger partial charge < -0.3 is 36.2 Å². The van der Waals surface area contributed by atoms with Gasteiger partial charge in [-0.05, 0) is 19.3 Å². The summed E-state index contributed by atoms with van der Waals surface area (Å²) >= 11 is 0. The second kappa shape index (κ2) is 16.3. The number of likely N-dealkylation sites (tertiary alicyclic amines) is 1. The van der Waals surface area contributed by atoms with E-state index in [1.807, 2.05) is 0 Å². The van der Waals surface area contributed by atoms with Gasteiger partial charge in [0.1, 0.15) is 11.6 Å². The Hall–Kier alpha value is -3.38. The van der Waals surface area contributed by atoms with Crippen LogP contribution in [0.5, 0.6) is 0 Å². The van der Waals surface area contributed by atoms with Crippen molar-refractivity contribution in [1.82, 2.24) is 24.5 Å². The zero-order chi connectivity index (χ0) is 31.4. The average molecular weight is 603 g/mol. The first kappa shape index (κ1) is 34.8. The molecule has 0 unspecified atom stereocenters. The fourth-order valence-electron chi connectivity index (χ4n) is 5.16. The molecule has 0 aromatic rings. The van der Waals surface area contributed by atoms with Gasteiger partial charge in [0.2, 0.25) is 5.91 Å². The van der Waals surface area contributed by atoms with Crippen molar-refractivity contribution < 1.29 is 54.3 Å². The smallest absolute Gasteiger partial charge is 0.323 e. The molecule has 2 aliphatic rings. The Bertz CT molecular complexity index is 956. The van der Waals surface area contributed by atoms with E-state index in [9.17, 15) is 54.3 Å². The number of nitrogens with zero attached hydrogens (tertiary/aromatic N) is 5. The summed E-state index contributed by atoms with van der Waals surface area (Å²) in [7, 11) is 0. The van der Waals surface area contributed by atoms with Crippen LogP contribution in [0, 0.1) is 0 Å². The van der Waals surface area contributed by atoms with Gasteiger partial charge in [-0.15, -0.1) is 0 Å². The topological polar surface area (TPSA) is 246 Å². The number of piperidine rings is 1. The summed E-state index contributed by atoms with van der Waals surface area (Å²) in [5.41, 5.74) is 4.47. The van der Waals surface area contributed by atoms with Gasteiger partial charge in [0.05, 0.1) is 19.6 Å². The normalized spacial score (nSPS) is 21.0. The molecule has 2 fully saturated rings. The SMILES string of the molecule is NC1(C(=O)O)CCN(C(=O)CC[C@H](C(=O)O)N2CCN(CC(=O)O)CCN(CC(=O)O)CCN(CC(=O)O)CC2)CC1. The molecule has 1 atom stereocenters. The molecule has 2 saturated heterocycles. The zero-order valence-electron chi connectivity index (χ0n) is 23.6. The van der Waals surface area contributed by atoms with Crippen molar-refractivity contribution in [3.8, 4) is 0 Å². The molecule has 0 bridgehead atoms. The van der Waals surface area contributed by atoms with Gasteiger partial charge in [-0.25, -0.2) is 0 Å². The van der Waals surface area contributed by atoms with E-state index in [-0.39, 0.29) is 117 Å². The molecular weight excluding hydrogens is 560 g/mol. The van der Waals surface area contributed by atoms with Crippen molar-refractivity contribution in [1.29, 1.82) is 0 Å². The number of carboxylic acids is 5. The van der Waals surface area contributed by atoms with E-state index >= 15 is 0 Å². The Morgan fingerprint density at radius 3 is 1.33 bits per heavy atom. The van der Waals surface area contributed by atoms with E-state index in [1.165, 1.54) is 4.90 Å². The fraction of sp³-hybridized carbons (Fsp3) is 0.760. The summed E-state index contributed by atoms with van der Waals surface area (Å²) < 4.78 is 0. The highest BCUT2D eigenvalue weighted by molar-refractivity contribution is 5.81. The van der Waals surface area contributed by atoms with Crippen LogP contribution in [0.25, 0.3) is 0 Å². The Balaban J connectivity index is 2.17. The third kappa shape index (κ3) is 11.5. The molecule has 42 heavy (non-hydrogen) atoms. The monoisotopic (exact) mass is 602 g/mol. The number of nitrogens with two attached hydrogens (primary N) is 1. The number of rotatable bonds is 12. The van der Waals surface area contributed by atoms with Crippen molar-refractivity contribution >= 4 is 35.8 Å². The molecule has 2 aliphatic heterocycles. The Labute approximate surface area is 243 Å². The minimum absolute atomic E-state index is 0.0678. The van der Waals surface area contributed by atoms with Crippen molar-refractivity contribution in [2.24, 2.45) is 5.73 Å². The highest BCUT2D eigenvalue weighted by Crippen LogP contribution is 2.21. The third-order valence-corrected chi connectivity index (χ3v) is 7.74. The highest BCUT2D eigenvalue weighted by Gasteiger charge is 2.39. The summed E-state index contributed by atoms with van der Waals surface area (Å²) in [4.78, 5) is 78.7. The van der Waals surface area contributed by atoms with Crippen molar-refractivity contribution in [2.75, 3.05) is 85.1 Å². The van der Waals surface area contributed by atoms with E-state index in [0.717, 1.165) is 0 Å². The van der Waals surface area contributed by atoms with Crippen LogP contribution in [0.4, 0.5) is 0 Å². The lowest BCUT2D eigenvalue weighted by Crippen LogP contribution is -2.56. The second-order valence-corrected chi connectivity index (χ2v) is 10.8. The predicted molar refractivity (Wildman–Crippen MR) is 145 cm³/mol. The van der Waals surface area contributed by atoms with Crippen molar-refractivity contribution in [3.63, 3.8) is 0 Å². The van der Waals surface area contributed by atoms with Crippen LogP contribution in [0.2, 0.25) is 0 Å². The number of carbonyl (C=O) groups excluding carboxylic acids is 1. The first-order valence-electron chi connectivity index (χ1n) is 13.8. The van der Waals surface area contributed by atoms with E-state index in [4.69, 9.17) is 5.73 Å². The number of hydrogen-bond donors (Lipinski definition) is 6. The van der Waals surface area contributed by atoms with Crippen LogP contribution in [-0.2, 0) is 28.8 Å². The van der Waals surface area contributed by atoms with E-state index in [1.54, 1.807) is 19.6 Å². The maximum atomic E-state index is 12.9. The van der Waals surface area contributed by atoms with Crippen molar-refractivity contribution in [2.45, 2.75) is 37.3 Å². The fourth-order valence-corrected chi connectivity index (χ4v) is 5.16. The Kier molecular flexibility index (Phi) is 13.5. The molecule has 0 aromatic carbocycles. The lowest BCUT2D eigenvalue weighted by Gasteiger charge is -2.37. The molecular formula is C25H42N6O11. The number of aliphatic carboxylic acids is 5. The van der Waals surface area contributed by atoms with E-state index < -0.39 is 41.4 Å². The number of hydrogen-bond acceptors (Lipinski definition) is 11. The van der Waals surface area contributed by atoms with Crippen LogP contribution in [0.1, 0.15) is 25.7 Å². The maximum Gasteiger partial charge on any atom is 0.323 e. The number of amides is 1. The van der Waals surface area contributed by atoms with Gasteiger partial charge in [-0.3, -0.25) is 48.4 Å². The quantitative estimate of drug-likeness (QED) is 0.131. The average Bonchev–Trinajstić information content (AvgIpc) is 2.88. The largest absolute Gasteiger partial charge is 0.480 e. The van der Waals surface area contributed by atoms with Gasteiger partial charge in [-0.1, -0.05) is 0 Å². The molecule has 0 aromatic heterocycles. The van der Waals surface area contributed by atoms with Crippen LogP contribution in [0.15, 0.2) is 0 Å². The molecule has 2 heterocycles. The Morgan fingerprint density at radius 1 is 0.619 bits per heavy atom. The molecule has 7 N–H and O–H groups in total. The predicted octanol–water partition coefficient (Wildman–Crippen LogP) is -2.90. The summed E-state index contributed by atoms with van der Waals surface area (Å²) in [6.45, 7) is 0.578. The lowest BCUT2D eigenvalue weighted by molar-refractivity contribution is -0.148. The van der Waals surface area contributed by atoms with Gasteiger partial charge in [0.25, 0.3) is 0 Å². The molecule has 17 heteroatoms. The molecule has 1 amide bonds. The zero-order valence-corrected chi connectivity index (χ0v) is 23.6.